The van der Waals surface area contributed by atoms with Gasteiger partial charge in [-0.2, -0.15) is 0 Å². The van der Waals surface area contributed by atoms with Crippen LogP contribution >= 0.6 is 0 Å². The highest BCUT2D eigenvalue weighted by molar-refractivity contribution is 6.09. The number of H-pyrrole nitrogens is 1. The molecular formula is C20H27NO5. The molecule has 142 valence electrons. The number of aromatic nitrogens is 1. The summed E-state index contributed by atoms with van der Waals surface area (Å²) >= 11 is 0. The van der Waals surface area contributed by atoms with E-state index in [-0.39, 0.29) is 36.1 Å². The van der Waals surface area contributed by atoms with Gasteiger partial charge >= 0.3 is 11.9 Å². The van der Waals surface area contributed by atoms with Crippen molar-refractivity contribution < 1.29 is 23.9 Å². The van der Waals surface area contributed by atoms with E-state index in [4.69, 9.17) is 9.47 Å². The molecule has 2 saturated carbocycles. The van der Waals surface area contributed by atoms with E-state index >= 15 is 0 Å². The molecule has 3 atom stereocenters. The van der Waals surface area contributed by atoms with Crippen LogP contribution in [0.3, 0.4) is 0 Å². The Morgan fingerprint density at radius 1 is 1.04 bits per heavy atom. The minimum Gasteiger partial charge on any atom is -0.462 e. The van der Waals surface area contributed by atoms with E-state index in [9.17, 15) is 14.4 Å². The van der Waals surface area contributed by atoms with Crippen molar-refractivity contribution in [2.24, 2.45) is 17.8 Å². The van der Waals surface area contributed by atoms with Crippen LogP contribution in [0.25, 0.3) is 0 Å². The van der Waals surface area contributed by atoms with Crippen molar-refractivity contribution in [2.75, 3.05) is 13.2 Å². The summed E-state index contributed by atoms with van der Waals surface area (Å²) < 4.78 is 10.3. The standard InChI is InChI=1S/C20H27NO5/c1-4-25-20(24)19-12(3)21-11(2)18(19)16(22)10-26-17(23)9-15-8-13-5-6-14(15)7-13/h13-15,21H,4-10H2,1-3H3/t13-,14+,15+/m0/s1. The summed E-state index contributed by atoms with van der Waals surface area (Å²) in [5, 5.41) is 0. The normalized spacial score (nSPS) is 23.9. The first kappa shape index (κ1) is 18.7. The Hall–Kier alpha value is -2.11. The summed E-state index contributed by atoms with van der Waals surface area (Å²) in [6.45, 7) is 5.04. The molecule has 1 heterocycles. The summed E-state index contributed by atoms with van der Waals surface area (Å²) in [6, 6.07) is 0. The maximum Gasteiger partial charge on any atom is 0.340 e. The lowest BCUT2D eigenvalue weighted by Gasteiger charge is -2.20. The van der Waals surface area contributed by atoms with Crippen molar-refractivity contribution in [3.63, 3.8) is 0 Å². The molecule has 2 aliphatic rings. The number of ether oxygens (including phenoxy) is 2. The molecule has 0 amide bonds. The van der Waals surface area contributed by atoms with Gasteiger partial charge in [-0.1, -0.05) is 6.42 Å². The minimum absolute atomic E-state index is 0.231. The molecule has 6 heteroatoms. The highest BCUT2D eigenvalue weighted by Gasteiger charge is 2.40. The average molecular weight is 361 g/mol. The molecule has 2 aliphatic carbocycles. The van der Waals surface area contributed by atoms with Crippen LogP contribution in [0.2, 0.25) is 0 Å². The zero-order valence-electron chi connectivity index (χ0n) is 15.7. The highest BCUT2D eigenvalue weighted by atomic mass is 16.5. The van der Waals surface area contributed by atoms with Crippen molar-refractivity contribution in [3.8, 4) is 0 Å². The predicted molar refractivity (Wildman–Crippen MR) is 95.1 cm³/mol. The number of nitrogens with one attached hydrogen (secondary N) is 1. The molecule has 2 fully saturated rings. The van der Waals surface area contributed by atoms with Gasteiger partial charge in [0, 0.05) is 17.8 Å². The van der Waals surface area contributed by atoms with Crippen molar-refractivity contribution in [1.82, 2.24) is 4.98 Å². The third-order valence-corrected chi connectivity index (χ3v) is 5.81. The Kier molecular flexibility index (Phi) is 5.49. The van der Waals surface area contributed by atoms with Crippen molar-refractivity contribution in [2.45, 2.75) is 52.9 Å². The number of aryl methyl sites for hydroxylation is 2. The molecule has 0 unspecified atom stereocenters. The largest absolute Gasteiger partial charge is 0.462 e. The predicted octanol–water partition coefficient (Wildman–Crippen LogP) is 3.36. The first-order valence-electron chi connectivity index (χ1n) is 9.45. The van der Waals surface area contributed by atoms with E-state index in [0.717, 1.165) is 12.3 Å². The molecule has 3 rings (SSSR count). The van der Waals surface area contributed by atoms with Crippen molar-refractivity contribution in [3.05, 3.63) is 22.5 Å². The molecular weight excluding hydrogens is 334 g/mol. The van der Waals surface area contributed by atoms with Gasteiger partial charge in [0.15, 0.2) is 6.61 Å². The second-order valence-corrected chi connectivity index (χ2v) is 7.57. The quantitative estimate of drug-likeness (QED) is 0.594. The number of hydrogen-bond acceptors (Lipinski definition) is 5. The van der Waals surface area contributed by atoms with Crippen LogP contribution in [0.1, 0.15) is 71.1 Å². The van der Waals surface area contributed by atoms with E-state index in [0.29, 0.717) is 29.6 Å². The lowest BCUT2D eigenvalue weighted by atomic mass is 9.86. The number of fused-ring (bicyclic) bond motifs is 2. The van der Waals surface area contributed by atoms with Gasteiger partial charge in [0.2, 0.25) is 5.78 Å². The van der Waals surface area contributed by atoms with E-state index in [1.54, 1.807) is 20.8 Å². The Morgan fingerprint density at radius 2 is 1.77 bits per heavy atom. The monoisotopic (exact) mass is 361 g/mol. The fraction of sp³-hybridized carbons (Fsp3) is 0.650. The van der Waals surface area contributed by atoms with E-state index in [2.05, 4.69) is 4.98 Å². The third-order valence-electron chi connectivity index (χ3n) is 5.81. The van der Waals surface area contributed by atoms with Gasteiger partial charge in [0.25, 0.3) is 0 Å². The number of rotatable bonds is 7. The van der Waals surface area contributed by atoms with Crippen molar-refractivity contribution >= 4 is 17.7 Å². The topological polar surface area (TPSA) is 85.5 Å². The lowest BCUT2D eigenvalue weighted by Crippen LogP contribution is -2.21. The fourth-order valence-electron chi connectivity index (χ4n) is 4.71. The molecule has 0 saturated heterocycles. The molecule has 1 aromatic heterocycles. The highest BCUT2D eigenvalue weighted by Crippen LogP contribution is 2.49. The van der Waals surface area contributed by atoms with E-state index in [1.807, 2.05) is 0 Å². The van der Waals surface area contributed by atoms with Crippen LogP contribution in [-0.4, -0.2) is 35.9 Å². The van der Waals surface area contributed by atoms with Gasteiger partial charge in [-0.25, -0.2) is 4.79 Å². The summed E-state index contributed by atoms with van der Waals surface area (Å²) in [4.78, 5) is 39.9. The van der Waals surface area contributed by atoms with Crippen LogP contribution in [0.15, 0.2) is 0 Å². The Balaban J connectivity index is 1.59. The average Bonchev–Trinajstić information content (AvgIpc) is 3.26. The minimum atomic E-state index is -0.536. The van der Waals surface area contributed by atoms with Gasteiger partial charge in [-0.15, -0.1) is 0 Å². The Bertz CT molecular complexity index is 720. The maximum atomic E-state index is 12.6. The summed E-state index contributed by atoms with van der Waals surface area (Å²) in [6.07, 6.45) is 5.24. The zero-order chi connectivity index (χ0) is 18.8. The lowest BCUT2D eigenvalue weighted by molar-refractivity contribution is -0.144. The number of esters is 2. The molecule has 1 N–H and O–H groups in total. The molecule has 0 aliphatic heterocycles. The number of carbonyl (C=O) groups is 3. The fourth-order valence-corrected chi connectivity index (χ4v) is 4.71. The number of ketones is 1. The number of hydrogen-bond donors (Lipinski definition) is 1. The SMILES string of the molecule is CCOC(=O)c1c(C)[nH]c(C)c1C(=O)COC(=O)C[C@H]1C[C@H]2CC[C@@H]1C2. The second kappa shape index (κ2) is 7.64. The Morgan fingerprint density at radius 3 is 2.38 bits per heavy atom. The van der Waals surface area contributed by atoms with Crippen LogP contribution in [0, 0.1) is 31.6 Å². The van der Waals surface area contributed by atoms with Crippen LogP contribution < -0.4 is 0 Å². The van der Waals surface area contributed by atoms with Gasteiger partial charge in [-0.05, 0) is 57.8 Å². The molecule has 2 bridgehead atoms. The molecule has 6 nitrogen and oxygen atoms in total. The van der Waals surface area contributed by atoms with E-state index < -0.39 is 5.97 Å². The molecule has 0 radical (unpaired) electrons. The Labute approximate surface area is 153 Å². The molecule has 26 heavy (non-hydrogen) atoms. The van der Waals surface area contributed by atoms with Gasteiger partial charge in [0.05, 0.1) is 17.7 Å². The molecule has 1 aromatic rings. The number of carbonyl (C=O) groups excluding carboxylic acids is 3. The zero-order valence-corrected chi connectivity index (χ0v) is 15.7. The molecule has 0 aromatic carbocycles. The number of Topliss-reactive ketones (excluding diaryl/α,β-unsaturated/α-hetero) is 1. The third kappa shape index (κ3) is 3.69. The molecule has 0 spiro atoms. The second-order valence-electron chi connectivity index (χ2n) is 7.57. The van der Waals surface area contributed by atoms with Crippen LogP contribution in [0.5, 0.6) is 0 Å². The first-order valence-corrected chi connectivity index (χ1v) is 9.45. The summed E-state index contributed by atoms with van der Waals surface area (Å²) in [5.74, 6) is 0.591. The summed E-state index contributed by atoms with van der Waals surface area (Å²) in [7, 11) is 0. The summed E-state index contributed by atoms with van der Waals surface area (Å²) in [5.41, 5.74) is 1.66. The van der Waals surface area contributed by atoms with Crippen LogP contribution in [0.4, 0.5) is 0 Å². The smallest absolute Gasteiger partial charge is 0.340 e. The van der Waals surface area contributed by atoms with E-state index in [1.165, 1.54) is 19.3 Å². The first-order chi connectivity index (χ1) is 12.4. The maximum absolute atomic E-state index is 12.6. The van der Waals surface area contributed by atoms with Crippen molar-refractivity contribution in [1.29, 1.82) is 0 Å². The van der Waals surface area contributed by atoms with Gasteiger partial charge in [-0.3, -0.25) is 9.59 Å². The van der Waals surface area contributed by atoms with Crippen LogP contribution in [-0.2, 0) is 14.3 Å². The van der Waals surface area contributed by atoms with Gasteiger partial charge < -0.3 is 14.5 Å². The number of aromatic amines is 1. The van der Waals surface area contributed by atoms with Gasteiger partial charge in [0.1, 0.15) is 0 Å².